The average molecular weight is 236 g/mol. The van der Waals surface area contributed by atoms with Crippen LogP contribution in [0.2, 0.25) is 0 Å². The minimum atomic E-state index is 0.433. The summed E-state index contributed by atoms with van der Waals surface area (Å²) in [6.45, 7) is 0. The molecule has 0 N–H and O–H groups in total. The SMILES string of the molecule is CSc1nc2c[n+]([O-])c3cnn(C)n3c-2n1. The van der Waals surface area contributed by atoms with Crippen LogP contribution in [0.4, 0.5) is 0 Å². The van der Waals surface area contributed by atoms with Crippen molar-refractivity contribution in [1.82, 2.24) is 24.4 Å². The smallest absolute Gasteiger partial charge is 0.332 e. The van der Waals surface area contributed by atoms with Crippen molar-refractivity contribution in [3.8, 4) is 11.5 Å². The number of hydrogen-bond donors (Lipinski definition) is 0. The third-order valence-corrected chi connectivity index (χ3v) is 2.89. The number of aryl methyl sites for hydroxylation is 1. The highest BCUT2D eigenvalue weighted by atomic mass is 32.2. The van der Waals surface area contributed by atoms with Crippen LogP contribution in [0.5, 0.6) is 0 Å². The maximum atomic E-state index is 11.7. The molecule has 0 amide bonds. The van der Waals surface area contributed by atoms with Crippen LogP contribution in [0.1, 0.15) is 0 Å². The molecule has 0 unspecified atom stereocenters. The molecule has 1 aromatic heterocycles. The van der Waals surface area contributed by atoms with Gasteiger partial charge in [0, 0.05) is 0 Å². The number of nitrogens with zero attached hydrogens (tertiary/aromatic N) is 6. The number of hydrogen-bond acceptors (Lipinski definition) is 5. The fourth-order valence-electron chi connectivity index (χ4n) is 1.62. The molecular weight excluding hydrogens is 228 g/mol. The summed E-state index contributed by atoms with van der Waals surface area (Å²) < 4.78 is 2.38. The van der Waals surface area contributed by atoms with Crippen LogP contribution in [0.15, 0.2) is 17.6 Å². The van der Waals surface area contributed by atoms with Gasteiger partial charge < -0.3 is 5.21 Å². The number of imidazole rings is 1. The van der Waals surface area contributed by atoms with Gasteiger partial charge in [-0.15, -0.1) is 9.90 Å². The van der Waals surface area contributed by atoms with Crippen LogP contribution in [0.25, 0.3) is 17.2 Å². The molecule has 0 saturated carbocycles. The monoisotopic (exact) mass is 236 g/mol. The summed E-state index contributed by atoms with van der Waals surface area (Å²) in [5.41, 5.74) is 1.00. The molecule has 3 rings (SSSR count). The van der Waals surface area contributed by atoms with E-state index >= 15 is 0 Å². The molecule has 0 radical (unpaired) electrons. The van der Waals surface area contributed by atoms with E-state index in [0.29, 0.717) is 22.3 Å². The molecule has 8 heteroatoms. The van der Waals surface area contributed by atoms with Gasteiger partial charge in [0.2, 0.25) is 0 Å². The summed E-state index contributed by atoms with van der Waals surface area (Å²) in [5, 5.41) is 16.3. The van der Waals surface area contributed by atoms with Gasteiger partial charge in [0.05, 0.1) is 7.05 Å². The quantitative estimate of drug-likeness (QED) is 0.336. The number of thioether (sulfide) groups is 1. The first-order valence-corrected chi connectivity index (χ1v) is 5.78. The zero-order valence-corrected chi connectivity index (χ0v) is 9.47. The Bertz CT molecular complexity index is 644. The number of aromatic nitrogens is 6. The lowest BCUT2D eigenvalue weighted by Crippen LogP contribution is -2.30. The van der Waals surface area contributed by atoms with Crippen molar-refractivity contribution in [2.24, 2.45) is 7.05 Å². The van der Waals surface area contributed by atoms with Crippen LogP contribution in [-0.4, -0.2) is 30.6 Å². The topological polar surface area (TPSA) is 75.0 Å². The highest BCUT2D eigenvalue weighted by Gasteiger charge is 2.23. The van der Waals surface area contributed by atoms with Gasteiger partial charge in [-0.05, 0) is 6.26 Å². The third kappa shape index (κ3) is 1.10. The molecule has 7 nitrogen and oxygen atoms in total. The molecule has 82 valence electrons. The first kappa shape index (κ1) is 9.40. The van der Waals surface area contributed by atoms with Crippen LogP contribution in [0.3, 0.4) is 0 Å². The maximum Gasteiger partial charge on any atom is 0.332 e. The summed E-state index contributed by atoms with van der Waals surface area (Å²) in [4.78, 5) is 10.1. The zero-order chi connectivity index (χ0) is 11.3. The molecule has 1 aromatic rings. The van der Waals surface area contributed by atoms with Crippen molar-refractivity contribution < 1.29 is 4.73 Å². The van der Waals surface area contributed by atoms with E-state index in [9.17, 15) is 5.21 Å². The Hall–Kier alpha value is -1.83. The van der Waals surface area contributed by atoms with Crippen molar-refractivity contribution >= 4 is 17.4 Å². The Morgan fingerprint density at radius 2 is 2.25 bits per heavy atom. The third-order valence-electron chi connectivity index (χ3n) is 2.34. The summed E-state index contributed by atoms with van der Waals surface area (Å²) in [6.07, 6.45) is 4.81. The van der Waals surface area contributed by atoms with E-state index in [1.807, 2.05) is 6.26 Å². The fourth-order valence-corrected chi connectivity index (χ4v) is 1.99. The van der Waals surface area contributed by atoms with E-state index in [1.165, 1.54) is 24.2 Å². The van der Waals surface area contributed by atoms with Crippen molar-refractivity contribution in [2.75, 3.05) is 6.26 Å². The second-order valence-electron chi connectivity index (χ2n) is 3.28. The second kappa shape index (κ2) is 3.08. The molecule has 0 saturated heterocycles. The van der Waals surface area contributed by atoms with Crippen molar-refractivity contribution in [2.45, 2.75) is 5.16 Å². The Kier molecular flexibility index (Phi) is 1.81. The minimum Gasteiger partial charge on any atom is -0.710 e. The molecule has 0 spiro atoms. The summed E-state index contributed by atoms with van der Waals surface area (Å²) in [7, 11) is 1.75. The van der Waals surface area contributed by atoms with E-state index in [4.69, 9.17) is 0 Å². The first-order valence-electron chi connectivity index (χ1n) is 4.55. The first-order chi connectivity index (χ1) is 7.70. The Morgan fingerprint density at radius 1 is 1.44 bits per heavy atom. The molecule has 0 aromatic carbocycles. The van der Waals surface area contributed by atoms with Crippen LogP contribution in [-0.2, 0) is 7.05 Å². The molecule has 0 aliphatic carbocycles. The van der Waals surface area contributed by atoms with E-state index in [1.54, 1.807) is 16.4 Å². The lowest BCUT2D eigenvalue weighted by Gasteiger charge is -2.03. The van der Waals surface area contributed by atoms with E-state index < -0.39 is 0 Å². The van der Waals surface area contributed by atoms with Gasteiger partial charge in [0.15, 0.2) is 10.9 Å². The highest BCUT2D eigenvalue weighted by molar-refractivity contribution is 7.98. The summed E-state index contributed by atoms with van der Waals surface area (Å²) in [5.74, 6) is 0.645. The molecule has 0 bridgehead atoms. The van der Waals surface area contributed by atoms with Crippen molar-refractivity contribution in [3.63, 3.8) is 0 Å². The molecule has 2 aliphatic rings. The van der Waals surface area contributed by atoms with Gasteiger partial charge in [-0.2, -0.15) is 4.98 Å². The van der Waals surface area contributed by atoms with Gasteiger partial charge >= 0.3 is 5.65 Å². The molecule has 2 aliphatic heterocycles. The van der Waals surface area contributed by atoms with Gasteiger partial charge in [0.1, 0.15) is 12.4 Å². The van der Waals surface area contributed by atoms with Gasteiger partial charge in [-0.1, -0.05) is 16.3 Å². The largest absolute Gasteiger partial charge is 0.710 e. The Morgan fingerprint density at radius 3 is 3.00 bits per heavy atom. The average Bonchev–Trinajstić information content (AvgIpc) is 2.82. The molecule has 0 fully saturated rings. The predicted octanol–water partition coefficient (Wildman–Crippen LogP) is -0.0771. The maximum absolute atomic E-state index is 11.7. The normalized spacial score (nSPS) is 11.6. The molecule has 0 atom stereocenters. The number of rotatable bonds is 1. The molecular formula is C8H8N6OS. The van der Waals surface area contributed by atoms with Gasteiger partial charge in [-0.3, -0.25) is 0 Å². The molecule has 3 heterocycles. The lowest BCUT2D eigenvalue weighted by atomic mass is 10.4. The number of fused-ring (bicyclic) bond motifs is 3. The van der Waals surface area contributed by atoms with E-state index in [0.717, 1.165) is 4.73 Å². The van der Waals surface area contributed by atoms with Gasteiger partial charge in [-0.25, -0.2) is 9.71 Å². The predicted molar refractivity (Wildman–Crippen MR) is 57.1 cm³/mol. The minimum absolute atomic E-state index is 0.433. The second-order valence-corrected chi connectivity index (χ2v) is 4.05. The van der Waals surface area contributed by atoms with Gasteiger partial charge in [0.25, 0.3) is 5.82 Å². The summed E-state index contributed by atoms with van der Waals surface area (Å²) in [6, 6.07) is 0. The van der Waals surface area contributed by atoms with Crippen LogP contribution >= 0.6 is 11.8 Å². The highest BCUT2D eigenvalue weighted by Crippen LogP contribution is 2.21. The lowest BCUT2D eigenvalue weighted by molar-refractivity contribution is -0.580. The Balaban J connectivity index is 2.49. The van der Waals surface area contributed by atoms with Crippen LogP contribution < -0.4 is 4.73 Å². The van der Waals surface area contributed by atoms with E-state index in [2.05, 4.69) is 15.1 Å². The molecule has 16 heavy (non-hydrogen) atoms. The Labute approximate surface area is 94.6 Å². The summed E-state index contributed by atoms with van der Waals surface area (Å²) >= 11 is 1.44. The van der Waals surface area contributed by atoms with Crippen molar-refractivity contribution in [3.05, 3.63) is 17.6 Å². The van der Waals surface area contributed by atoms with E-state index in [-0.39, 0.29) is 0 Å². The standard InChI is InChI=1S/C8H8N6OS/c1-12-9-3-6-13(15)4-5-7(14(6)12)11-8(10-5)16-2/h3-4H,1-2H3. The fraction of sp³-hybridized carbons (Fsp3) is 0.250. The zero-order valence-electron chi connectivity index (χ0n) is 8.65. The van der Waals surface area contributed by atoms with Crippen molar-refractivity contribution in [1.29, 1.82) is 0 Å². The van der Waals surface area contributed by atoms with Crippen LogP contribution in [0, 0.1) is 5.21 Å².